The Kier molecular flexibility index (Phi) is 4.79. The first-order chi connectivity index (χ1) is 10.5. The highest BCUT2D eigenvalue weighted by molar-refractivity contribution is 7.92. The maximum atomic E-state index is 13.9. The van der Waals surface area contributed by atoms with Gasteiger partial charge >= 0.3 is 6.18 Å². The second kappa shape index (κ2) is 6.18. The fraction of sp³-hybridized carbons (Fsp3) is 0.0769. The molecule has 23 heavy (non-hydrogen) atoms. The normalized spacial score (nSPS) is 12.3. The summed E-state index contributed by atoms with van der Waals surface area (Å²) in [4.78, 5) is -0.483. The Bertz CT molecular complexity index is 854. The second-order valence-corrected chi connectivity index (χ2v) is 6.84. The number of anilines is 1. The summed E-state index contributed by atoms with van der Waals surface area (Å²) in [5.74, 6) is -1.73. The standard InChI is InChI=1S/C13H7Cl2F4NO2S/c14-7-4-5-9(15)11(6-7)23(21,22)20-10-3-1-2-8(12(10)16)13(17,18)19/h1-6,20H. The topological polar surface area (TPSA) is 46.2 Å². The Morgan fingerprint density at radius 1 is 1.04 bits per heavy atom. The van der Waals surface area contributed by atoms with Gasteiger partial charge in [0.25, 0.3) is 10.0 Å². The van der Waals surface area contributed by atoms with Gasteiger partial charge in [0.2, 0.25) is 0 Å². The van der Waals surface area contributed by atoms with E-state index in [0.717, 1.165) is 18.2 Å². The van der Waals surface area contributed by atoms with Crippen LogP contribution in [0.4, 0.5) is 23.2 Å². The fourth-order valence-corrected chi connectivity index (χ4v) is 3.54. The quantitative estimate of drug-likeness (QED) is 0.757. The van der Waals surface area contributed by atoms with Gasteiger partial charge < -0.3 is 0 Å². The van der Waals surface area contributed by atoms with Crippen LogP contribution in [0.3, 0.4) is 0 Å². The third-order valence-electron chi connectivity index (χ3n) is 2.73. The number of nitrogens with one attached hydrogen (secondary N) is 1. The molecule has 0 radical (unpaired) electrons. The summed E-state index contributed by atoms with van der Waals surface area (Å²) < 4.78 is 77.9. The molecule has 0 saturated heterocycles. The summed E-state index contributed by atoms with van der Waals surface area (Å²) in [6.07, 6.45) is -4.96. The van der Waals surface area contributed by atoms with Crippen molar-refractivity contribution in [3.8, 4) is 0 Å². The van der Waals surface area contributed by atoms with Crippen molar-refractivity contribution >= 4 is 38.9 Å². The molecule has 0 aliphatic carbocycles. The molecule has 0 atom stereocenters. The van der Waals surface area contributed by atoms with Gasteiger partial charge in [-0.15, -0.1) is 0 Å². The van der Waals surface area contributed by atoms with Crippen LogP contribution >= 0.6 is 23.2 Å². The maximum Gasteiger partial charge on any atom is 0.419 e. The van der Waals surface area contributed by atoms with Crippen LogP contribution in [0, 0.1) is 5.82 Å². The summed E-state index contributed by atoms with van der Waals surface area (Å²) in [7, 11) is -4.42. The average molecular weight is 388 g/mol. The molecule has 0 aromatic heterocycles. The highest BCUT2D eigenvalue weighted by Gasteiger charge is 2.35. The maximum absolute atomic E-state index is 13.9. The molecule has 0 fully saturated rings. The summed E-state index contributed by atoms with van der Waals surface area (Å²) in [6.45, 7) is 0. The largest absolute Gasteiger partial charge is 0.419 e. The van der Waals surface area contributed by atoms with Crippen LogP contribution < -0.4 is 4.72 Å². The van der Waals surface area contributed by atoms with Gasteiger partial charge in [0.05, 0.1) is 16.3 Å². The molecule has 0 aliphatic rings. The van der Waals surface area contributed by atoms with Crippen molar-refractivity contribution in [3.63, 3.8) is 0 Å². The Morgan fingerprint density at radius 2 is 1.70 bits per heavy atom. The molecule has 0 aliphatic heterocycles. The number of hydrogen-bond donors (Lipinski definition) is 1. The average Bonchev–Trinajstić information content (AvgIpc) is 2.42. The van der Waals surface area contributed by atoms with Crippen molar-refractivity contribution in [1.29, 1.82) is 0 Å². The number of sulfonamides is 1. The molecule has 0 amide bonds. The summed E-state index contributed by atoms with van der Waals surface area (Å²) in [5.41, 5.74) is -2.44. The van der Waals surface area contributed by atoms with E-state index in [1.807, 2.05) is 0 Å². The van der Waals surface area contributed by atoms with Gasteiger partial charge in [-0.2, -0.15) is 13.2 Å². The van der Waals surface area contributed by atoms with E-state index in [2.05, 4.69) is 0 Å². The summed E-state index contributed by atoms with van der Waals surface area (Å²) in [5, 5.41) is -0.173. The van der Waals surface area contributed by atoms with Crippen LogP contribution in [-0.4, -0.2) is 8.42 Å². The second-order valence-electron chi connectivity index (χ2n) is 4.35. The molecule has 0 heterocycles. The third-order valence-corrected chi connectivity index (χ3v) is 4.81. The minimum atomic E-state index is -4.96. The molecule has 0 saturated carbocycles. The van der Waals surface area contributed by atoms with Crippen molar-refractivity contribution in [3.05, 3.63) is 57.8 Å². The molecule has 124 valence electrons. The lowest BCUT2D eigenvalue weighted by molar-refractivity contribution is -0.139. The third kappa shape index (κ3) is 3.88. The Morgan fingerprint density at radius 3 is 2.30 bits per heavy atom. The molecule has 0 bridgehead atoms. The number of alkyl halides is 3. The van der Waals surface area contributed by atoms with E-state index >= 15 is 0 Å². The van der Waals surface area contributed by atoms with Crippen molar-refractivity contribution in [2.75, 3.05) is 4.72 Å². The van der Waals surface area contributed by atoms with Crippen LogP contribution in [0.15, 0.2) is 41.3 Å². The van der Waals surface area contributed by atoms with Gasteiger partial charge in [-0.05, 0) is 30.3 Å². The lowest BCUT2D eigenvalue weighted by Crippen LogP contribution is -2.16. The first kappa shape index (κ1) is 17.8. The molecular weight excluding hydrogens is 381 g/mol. The minimum Gasteiger partial charge on any atom is -0.277 e. The van der Waals surface area contributed by atoms with E-state index in [-0.39, 0.29) is 10.0 Å². The first-order valence-corrected chi connectivity index (χ1v) is 8.10. The van der Waals surface area contributed by atoms with Crippen LogP contribution in [0.1, 0.15) is 5.56 Å². The van der Waals surface area contributed by atoms with E-state index < -0.39 is 38.2 Å². The van der Waals surface area contributed by atoms with Gasteiger partial charge in [-0.1, -0.05) is 29.3 Å². The molecule has 10 heteroatoms. The first-order valence-electron chi connectivity index (χ1n) is 5.86. The Balaban J connectivity index is 2.48. The van der Waals surface area contributed by atoms with E-state index in [0.29, 0.717) is 6.07 Å². The molecule has 1 N–H and O–H groups in total. The molecule has 0 spiro atoms. The van der Waals surface area contributed by atoms with Gasteiger partial charge in [0.15, 0.2) is 5.82 Å². The van der Waals surface area contributed by atoms with Gasteiger partial charge in [-0.3, -0.25) is 4.72 Å². The van der Waals surface area contributed by atoms with Crippen LogP contribution in [-0.2, 0) is 16.2 Å². The van der Waals surface area contributed by atoms with Crippen LogP contribution in [0.25, 0.3) is 0 Å². The smallest absolute Gasteiger partial charge is 0.277 e. The predicted molar refractivity (Wildman–Crippen MR) is 78.7 cm³/mol. The summed E-state index contributed by atoms with van der Waals surface area (Å²) in [6, 6.07) is 5.76. The molecule has 2 aromatic rings. The van der Waals surface area contributed by atoms with Crippen molar-refractivity contribution in [2.24, 2.45) is 0 Å². The lowest BCUT2D eigenvalue weighted by Gasteiger charge is -2.13. The molecule has 3 nitrogen and oxygen atoms in total. The SMILES string of the molecule is O=S(=O)(Nc1cccc(C(F)(F)F)c1F)c1cc(Cl)ccc1Cl. The van der Waals surface area contributed by atoms with E-state index in [9.17, 15) is 26.0 Å². The van der Waals surface area contributed by atoms with E-state index in [4.69, 9.17) is 23.2 Å². The highest BCUT2D eigenvalue weighted by Crippen LogP contribution is 2.35. The molecule has 2 rings (SSSR count). The number of benzene rings is 2. The van der Waals surface area contributed by atoms with Gasteiger partial charge in [-0.25, -0.2) is 12.8 Å². The zero-order chi connectivity index (χ0) is 17.4. The highest BCUT2D eigenvalue weighted by atomic mass is 35.5. The number of rotatable bonds is 3. The number of hydrogen-bond acceptors (Lipinski definition) is 2. The molecular formula is C13H7Cl2F4NO2S. The van der Waals surface area contributed by atoms with Gasteiger partial charge in [0.1, 0.15) is 4.90 Å². The fourth-order valence-electron chi connectivity index (χ4n) is 1.71. The van der Waals surface area contributed by atoms with Crippen LogP contribution in [0.2, 0.25) is 10.0 Å². The van der Waals surface area contributed by atoms with Crippen molar-refractivity contribution in [1.82, 2.24) is 0 Å². The van der Waals surface area contributed by atoms with Crippen molar-refractivity contribution < 1.29 is 26.0 Å². The minimum absolute atomic E-state index is 0.0410. The zero-order valence-corrected chi connectivity index (χ0v) is 13.3. The number of halogens is 6. The Hall–Kier alpha value is -1.51. The summed E-state index contributed by atoms with van der Waals surface area (Å²) >= 11 is 11.4. The monoisotopic (exact) mass is 387 g/mol. The predicted octanol–water partition coefficient (Wildman–Crippen LogP) is 4.95. The van der Waals surface area contributed by atoms with Crippen LogP contribution in [0.5, 0.6) is 0 Å². The Labute approximate surface area is 138 Å². The molecule has 0 unspecified atom stereocenters. The van der Waals surface area contributed by atoms with E-state index in [1.54, 1.807) is 4.72 Å². The van der Waals surface area contributed by atoms with Gasteiger partial charge in [0, 0.05) is 5.02 Å². The van der Waals surface area contributed by atoms with E-state index in [1.165, 1.54) is 12.1 Å². The molecule has 2 aromatic carbocycles. The zero-order valence-electron chi connectivity index (χ0n) is 11.0. The van der Waals surface area contributed by atoms with Crippen molar-refractivity contribution in [2.45, 2.75) is 11.1 Å². The lowest BCUT2D eigenvalue weighted by atomic mass is 10.2.